The first kappa shape index (κ1) is 22.0. The lowest BCUT2D eigenvalue weighted by atomic mass is 9.91. The van der Waals surface area contributed by atoms with E-state index in [-0.39, 0.29) is 5.78 Å². The van der Waals surface area contributed by atoms with Crippen LogP contribution in [0.4, 0.5) is 0 Å². The molecule has 0 N–H and O–H groups in total. The highest BCUT2D eigenvalue weighted by molar-refractivity contribution is 6.11. The second-order valence-electron chi connectivity index (χ2n) is 6.32. The highest BCUT2D eigenvalue weighted by Gasteiger charge is 2.32. The van der Waals surface area contributed by atoms with Crippen molar-refractivity contribution in [3.05, 3.63) is 23.8 Å². The maximum Gasteiger partial charge on any atom is 0.316 e. The van der Waals surface area contributed by atoms with Crippen molar-refractivity contribution in [3.8, 4) is 11.5 Å². The summed E-state index contributed by atoms with van der Waals surface area (Å²) >= 11 is 0. The summed E-state index contributed by atoms with van der Waals surface area (Å²) < 4.78 is 16.0. The lowest BCUT2D eigenvalue weighted by molar-refractivity contribution is -0.147. The summed E-state index contributed by atoms with van der Waals surface area (Å²) in [6, 6.07) is 5.15. The highest BCUT2D eigenvalue weighted by Crippen LogP contribution is 2.32. The Bertz CT molecular complexity index is 545. The van der Waals surface area contributed by atoms with Crippen molar-refractivity contribution in [2.24, 2.45) is 5.92 Å². The molecule has 0 aliphatic carbocycles. The van der Waals surface area contributed by atoms with Crippen molar-refractivity contribution in [3.63, 3.8) is 0 Å². The zero-order chi connectivity index (χ0) is 19.4. The molecule has 0 saturated heterocycles. The van der Waals surface area contributed by atoms with Gasteiger partial charge >= 0.3 is 5.97 Å². The van der Waals surface area contributed by atoms with E-state index in [1.54, 1.807) is 18.2 Å². The van der Waals surface area contributed by atoms with E-state index in [1.165, 1.54) is 14.2 Å². The van der Waals surface area contributed by atoms with Gasteiger partial charge in [-0.15, -0.1) is 0 Å². The molecule has 0 amide bonds. The maximum absolute atomic E-state index is 13.1. The third-order valence-electron chi connectivity index (χ3n) is 4.36. The maximum atomic E-state index is 13.1. The number of Topliss-reactive ketones (excluding diaryl/α,β-unsaturated/α-hetero) is 1. The number of unbranched alkanes of at least 4 members (excludes halogenated alkanes) is 4. The molecule has 0 bridgehead atoms. The van der Waals surface area contributed by atoms with Gasteiger partial charge in [-0.05, 0) is 25.0 Å². The molecule has 0 saturated carbocycles. The number of methoxy groups -OCH3 is 2. The van der Waals surface area contributed by atoms with Crippen LogP contribution in [0.5, 0.6) is 11.5 Å². The Morgan fingerprint density at radius 2 is 1.54 bits per heavy atom. The van der Waals surface area contributed by atoms with Crippen LogP contribution in [0.15, 0.2) is 18.2 Å². The van der Waals surface area contributed by atoms with Gasteiger partial charge in [0.1, 0.15) is 23.0 Å². The topological polar surface area (TPSA) is 61.8 Å². The quantitative estimate of drug-likeness (QED) is 0.217. The summed E-state index contributed by atoms with van der Waals surface area (Å²) in [6.45, 7) is 4.52. The van der Waals surface area contributed by atoms with Gasteiger partial charge in [0.05, 0.1) is 20.8 Å². The fraction of sp³-hybridized carbons (Fsp3) is 0.619. The van der Waals surface area contributed by atoms with Crippen LogP contribution in [0.2, 0.25) is 0 Å². The van der Waals surface area contributed by atoms with Crippen molar-refractivity contribution in [2.45, 2.75) is 58.8 Å². The molecule has 5 nitrogen and oxygen atoms in total. The lowest BCUT2D eigenvalue weighted by Gasteiger charge is -2.18. The van der Waals surface area contributed by atoms with Crippen LogP contribution in [0.25, 0.3) is 0 Å². The smallest absolute Gasteiger partial charge is 0.316 e. The van der Waals surface area contributed by atoms with Gasteiger partial charge < -0.3 is 14.2 Å². The first-order valence-electron chi connectivity index (χ1n) is 9.52. The summed E-state index contributed by atoms with van der Waals surface area (Å²) in [5.41, 5.74) is 0.307. The Balaban J connectivity index is 2.94. The fourth-order valence-electron chi connectivity index (χ4n) is 2.83. The number of rotatable bonds is 13. The van der Waals surface area contributed by atoms with E-state index in [9.17, 15) is 9.59 Å². The minimum atomic E-state index is -0.827. The summed E-state index contributed by atoms with van der Waals surface area (Å²) in [4.78, 5) is 25.7. The minimum Gasteiger partial charge on any atom is -0.496 e. The number of carbonyl (C=O) groups excluding carboxylic acids is 2. The molecular weight excluding hydrogens is 332 g/mol. The molecule has 26 heavy (non-hydrogen) atoms. The second-order valence-corrected chi connectivity index (χ2v) is 6.32. The van der Waals surface area contributed by atoms with Crippen LogP contribution in [0, 0.1) is 5.92 Å². The van der Waals surface area contributed by atoms with E-state index in [0.717, 1.165) is 38.5 Å². The van der Waals surface area contributed by atoms with E-state index < -0.39 is 11.9 Å². The zero-order valence-electron chi connectivity index (χ0n) is 16.5. The molecule has 0 fully saturated rings. The van der Waals surface area contributed by atoms with E-state index in [0.29, 0.717) is 30.1 Å². The predicted molar refractivity (Wildman–Crippen MR) is 102 cm³/mol. The van der Waals surface area contributed by atoms with Crippen molar-refractivity contribution in [1.29, 1.82) is 0 Å². The summed E-state index contributed by atoms with van der Waals surface area (Å²) in [5.74, 6) is -0.760. The van der Waals surface area contributed by atoms with E-state index >= 15 is 0 Å². The van der Waals surface area contributed by atoms with Gasteiger partial charge in [0, 0.05) is 0 Å². The molecule has 5 heteroatoms. The van der Waals surface area contributed by atoms with Gasteiger partial charge in [0.25, 0.3) is 0 Å². The number of ketones is 1. The summed E-state index contributed by atoms with van der Waals surface area (Å²) in [5, 5.41) is 0. The molecule has 1 unspecified atom stereocenters. The molecule has 0 radical (unpaired) electrons. The van der Waals surface area contributed by atoms with Gasteiger partial charge in [-0.3, -0.25) is 9.59 Å². The normalized spacial score (nSPS) is 11.7. The van der Waals surface area contributed by atoms with Crippen LogP contribution in [0.1, 0.15) is 69.2 Å². The van der Waals surface area contributed by atoms with Crippen LogP contribution in [0.3, 0.4) is 0 Å². The minimum absolute atomic E-state index is 0.300. The van der Waals surface area contributed by atoms with E-state index in [2.05, 4.69) is 6.92 Å². The number of esters is 1. The first-order valence-corrected chi connectivity index (χ1v) is 9.52. The number of hydrogen-bond donors (Lipinski definition) is 0. The average Bonchev–Trinajstić information content (AvgIpc) is 2.67. The largest absolute Gasteiger partial charge is 0.496 e. The van der Waals surface area contributed by atoms with E-state index in [1.807, 2.05) is 6.92 Å². The monoisotopic (exact) mass is 364 g/mol. The average molecular weight is 364 g/mol. The number of benzene rings is 1. The number of ether oxygens (including phenoxy) is 3. The Kier molecular flexibility index (Phi) is 10.4. The van der Waals surface area contributed by atoms with Crippen molar-refractivity contribution >= 4 is 11.8 Å². The summed E-state index contributed by atoms with van der Waals surface area (Å²) in [6.07, 6.45) is 6.23. The second kappa shape index (κ2) is 12.3. The number of hydrogen-bond acceptors (Lipinski definition) is 5. The standard InChI is InChI=1S/C21H32O5/c1-5-7-9-10-15-26-21(23)16(12-8-6-2)20(22)19-17(24-3)13-11-14-18(19)25-4/h11,13-14,16H,5-10,12,15H2,1-4H3. The third kappa shape index (κ3) is 6.36. The Labute approximate surface area is 157 Å². The van der Waals surface area contributed by atoms with Gasteiger partial charge in [0.2, 0.25) is 0 Å². The lowest BCUT2D eigenvalue weighted by Crippen LogP contribution is -2.27. The first-order chi connectivity index (χ1) is 12.6. The highest BCUT2D eigenvalue weighted by atomic mass is 16.5. The predicted octanol–water partition coefficient (Wildman–Crippen LogP) is 4.82. The van der Waals surface area contributed by atoms with Crippen molar-refractivity contribution in [1.82, 2.24) is 0 Å². The van der Waals surface area contributed by atoms with Crippen molar-refractivity contribution < 1.29 is 23.8 Å². The molecule has 0 aliphatic heterocycles. The van der Waals surface area contributed by atoms with Gasteiger partial charge in [-0.2, -0.15) is 0 Å². The van der Waals surface area contributed by atoms with Crippen LogP contribution in [-0.4, -0.2) is 32.6 Å². The molecule has 0 spiro atoms. The zero-order valence-corrected chi connectivity index (χ0v) is 16.5. The molecule has 1 atom stereocenters. The Hall–Kier alpha value is -2.04. The van der Waals surface area contributed by atoms with Crippen molar-refractivity contribution in [2.75, 3.05) is 20.8 Å². The van der Waals surface area contributed by atoms with Gasteiger partial charge in [0.15, 0.2) is 5.78 Å². The molecule has 0 heterocycles. The van der Waals surface area contributed by atoms with Gasteiger partial charge in [-0.1, -0.05) is 52.0 Å². The Morgan fingerprint density at radius 3 is 2.08 bits per heavy atom. The molecule has 1 rings (SSSR count). The molecule has 0 aromatic heterocycles. The molecular formula is C21H32O5. The number of carbonyl (C=O) groups is 2. The van der Waals surface area contributed by atoms with Gasteiger partial charge in [-0.25, -0.2) is 0 Å². The molecule has 1 aromatic rings. The molecule has 146 valence electrons. The Morgan fingerprint density at radius 1 is 0.923 bits per heavy atom. The summed E-state index contributed by atoms with van der Waals surface area (Å²) in [7, 11) is 3.00. The fourth-order valence-corrected chi connectivity index (χ4v) is 2.83. The van der Waals surface area contributed by atoms with Crippen LogP contribution >= 0.6 is 0 Å². The molecule has 1 aromatic carbocycles. The molecule has 0 aliphatic rings. The SMILES string of the molecule is CCCCCCOC(=O)C(CCCC)C(=O)c1c(OC)cccc1OC. The van der Waals surface area contributed by atoms with Crippen LogP contribution < -0.4 is 9.47 Å². The van der Waals surface area contributed by atoms with E-state index in [4.69, 9.17) is 14.2 Å². The van der Waals surface area contributed by atoms with Crippen LogP contribution in [-0.2, 0) is 9.53 Å². The third-order valence-corrected chi connectivity index (χ3v) is 4.36.